The summed E-state index contributed by atoms with van der Waals surface area (Å²) in [5.74, 6) is 0. The second-order valence-electron chi connectivity index (χ2n) is 1.59. The van der Waals surface area contributed by atoms with Crippen LogP contribution in [0.3, 0.4) is 0 Å². The Bertz CT molecular complexity index is 68.5. The van der Waals surface area contributed by atoms with Crippen LogP contribution in [0.2, 0.25) is 0 Å². The topological polar surface area (TPSA) is 29.5 Å². The quantitative estimate of drug-likeness (QED) is 0.325. The van der Waals surface area contributed by atoms with Crippen LogP contribution in [-0.2, 0) is 4.89 Å². The van der Waals surface area contributed by atoms with Crippen molar-refractivity contribution in [1.29, 1.82) is 0 Å². The van der Waals surface area contributed by atoms with Gasteiger partial charge in [-0.2, -0.15) is 0 Å². The molecule has 0 heterocycles. The predicted octanol–water partition coefficient (Wildman–Crippen LogP) is 1.44. The number of rotatable bonds is 2. The average Bonchev–Trinajstić information content (AvgIpc) is 1.65. The van der Waals surface area contributed by atoms with E-state index in [1.165, 1.54) is 0 Å². The molecule has 1 atom stereocenters. The summed E-state index contributed by atoms with van der Waals surface area (Å²) in [6, 6.07) is 0. The Hall–Kier alpha value is -0.340. The zero-order valence-electron chi connectivity index (χ0n) is 4.64. The van der Waals surface area contributed by atoms with Crippen LogP contribution in [0.25, 0.3) is 0 Å². The van der Waals surface area contributed by atoms with E-state index in [0.29, 0.717) is 0 Å². The molecular formula is C5H10O2. The molecular weight excluding hydrogens is 92.1 g/mol. The summed E-state index contributed by atoms with van der Waals surface area (Å²) in [5.41, 5.74) is 0.822. The standard InChI is InChI=1S/C5H10O2/c1-4(2)5(3)7-6/h5-6H,1H2,2-3H3. The van der Waals surface area contributed by atoms with Gasteiger partial charge < -0.3 is 0 Å². The second kappa shape index (κ2) is 2.77. The lowest BCUT2D eigenvalue weighted by molar-refractivity contribution is -0.263. The summed E-state index contributed by atoms with van der Waals surface area (Å²) in [7, 11) is 0. The van der Waals surface area contributed by atoms with Crippen LogP contribution in [0.5, 0.6) is 0 Å². The molecule has 0 radical (unpaired) electrons. The fourth-order valence-electron chi connectivity index (χ4n) is 0.0900. The van der Waals surface area contributed by atoms with Gasteiger partial charge in [-0.1, -0.05) is 6.58 Å². The van der Waals surface area contributed by atoms with E-state index in [0.717, 1.165) is 5.57 Å². The van der Waals surface area contributed by atoms with Gasteiger partial charge in [-0.3, -0.25) is 5.26 Å². The molecule has 0 fully saturated rings. The first-order chi connectivity index (χ1) is 3.18. The third-order valence-corrected chi connectivity index (χ3v) is 0.852. The highest BCUT2D eigenvalue weighted by Crippen LogP contribution is 1.98. The van der Waals surface area contributed by atoms with Gasteiger partial charge in [0.1, 0.15) is 6.10 Å². The second-order valence-corrected chi connectivity index (χ2v) is 1.59. The highest BCUT2D eigenvalue weighted by atomic mass is 17.1. The third kappa shape index (κ3) is 2.37. The minimum atomic E-state index is -0.236. The number of hydrogen-bond donors (Lipinski definition) is 1. The molecule has 0 aromatic heterocycles. The first kappa shape index (κ1) is 6.66. The molecule has 0 aliphatic rings. The van der Waals surface area contributed by atoms with Gasteiger partial charge in [-0.15, -0.1) is 0 Å². The van der Waals surface area contributed by atoms with Crippen molar-refractivity contribution in [3.8, 4) is 0 Å². The van der Waals surface area contributed by atoms with Crippen molar-refractivity contribution in [2.75, 3.05) is 0 Å². The van der Waals surface area contributed by atoms with Crippen LogP contribution in [0, 0.1) is 0 Å². The minimum absolute atomic E-state index is 0.236. The maximum Gasteiger partial charge on any atom is 0.110 e. The van der Waals surface area contributed by atoms with Crippen LogP contribution < -0.4 is 0 Å². The average molecular weight is 102 g/mol. The van der Waals surface area contributed by atoms with Gasteiger partial charge in [-0.05, 0) is 19.4 Å². The zero-order valence-corrected chi connectivity index (χ0v) is 4.64. The molecule has 0 aromatic rings. The summed E-state index contributed by atoms with van der Waals surface area (Å²) in [4.78, 5) is 3.91. The first-order valence-corrected chi connectivity index (χ1v) is 2.14. The van der Waals surface area contributed by atoms with E-state index in [-0.39, 0.29) is 6.10 Å². The summed E-state index contributed by atoms with van der Waals surface area (Å²) in [6.45, 7) is 7.06. The van der Waals surface area contributed by atoms with Crippen LogP contribution in [0.1, 0.15) is 13.8 Å². The van der Waals surface area contributed by atoms with Crippen LogP contribution in [0.15, 0.2) is 12.2 Å². The van der Waals surface area contributed by atoms with E-state index in [1.54, 1.807) is 13.8 Å². The SMILES string of the molecule is C=C(C)C(C)OO. The molecule has 0 aliphatic carbocycles. The van der Waals surface area contributed by atoms with Crippen molar-refractivity contribution in [3.05, 3.63) is 12.2 Å². The van der Waals surface area contributed by atoms with Crippen molar-refractivity contribution < 1.29 is 10.1 Å². The van der Waals surface area contributed by atoms with E-state index in [2.05, 4.69) is 11.5 Å². The molecule has 0 saturated carbocycles. The first-order valence-electron chi connectivity index (χ1n) is 2.14. The Kier molecular flexibility index (Phi) is 2.64. The molecule has 42 valence electrons. The Morgan fingerprint density at radius 3 is 2.29 bits per heavy atom. The highest BCUT2D eigenvalue weighted by molar-refractivity contribution is 4.94. The third-order valence-electron chi connectivity index (χ3n) is 0.852. The number of hydrogen-bond acceptors (Lipinski definition) is 2. The molecule has 0 aliphatic heterocycles. The van der Waals surface area contributed by atoms with E-state index >= 15 is 0 Å². The lowest BCUT2D eigenvalue weighted by Crippen LogP contribution is -2.04. The summed E-state index contributed by atoms with van der Waals surface area (Å²) >= 11 is 0. The monoisotopic (exact) mass is 102 g/mol. The lowest BCUT2D eigenvalue weighted by Gasteiger charge is -2.03. The van der Waals surface area contributed by atoms with E-state index in [1.807, 2.05) is 0 Å². The van der Waals surface area contributed by atoms with Gasteiger partial charge in [0.25, 0.3) is 0 Å². The molecule has 0 saturated heterocycles. The van der Waals surface area contributed by atoms with Crippen LogP contribution >= 0.6 is 0 Å². The summed E-state index contributed by atoms with van der Waals surface area (Å²) in [5, 5.41) is 7.94. The highest BCUT2D eigenvalue weighted by Gasteiger charge is 1.97. The van der Waals surface area contributed by atoms with E-state index in [9.17, 15) is 0 Å². The molecule has 0 bridgehead atoms. The van der Waals surface area contributed by atoms with Gasteiger partial charge in [0, 0.05) is 0 Å². The fourth-order valence-corrected chi connectivity index (χ4v) is 0.0900. The van der Waals surface area contributed by atoms with Crippen molar-refractivity contribution in [2.45, 2.75) is 20.0 Å². The van der Waals surface area contributed by atoms with Crippen molar-refractivity contribution in [1.82, 2.24) is 0 Å². The van der Waals surface area contributed by atoms with Crippen molar-refractivity contribution >= 4 is 0 Å². The fraction of sp³-hybridized carbons (Fsp3) is 0.600. The molecule has 1 unspecified atom stereocenters. The molecule has 7 heavy (non-hydrogen) atoms. The molecule has 0 spiro atoms. The molecule has 1 N–H and O–H groups in total. The largest absolute Gasteiger partial charge is 0.251 e. The maximum absolute atomic E-state index is 7.94. The van der Waals surface area contributed by atoms with Gasteiger partial charge in [0.05, 0.1) is 0 Å². The summed E-state index contributed by atoms with van der Waals surface area (Å²) < 4.78 is 0. The Labute approximate surface area is 43.3 Å². The van der Waals surface area contributed by atoms with E-state index in [4.69, 9.17) is 5.26 Å². The van der Waals surface area contributed by atoms with Crippen molar-refractivity contribution in [3.63, 3.8) is 0 Å². The molecule has 2 nitrogen and oxygen atoms in total. The van der Waals surface area contributed by atoms with Gasteiger partial charge in [0.2, 0.25) is 0 Å². The van der Waals surface area contributed by atoms with Gasteiger partial charge >= 0.3 is 0 Å². The van der Waals surface area contributed by atoms with Crippen LogP contribution in [-0.4, -0.2) is 11.4 Å². The molecule has 0 aromatic carbocycles. The normalized spacial score (nSPS) is 13.6. The predicted molar refractivity (Wildman–Crippen MR) is 28.0 cm³/mol. The maximum atomic E-state index is 7.94. The van der Waals surface area contributed by atoms with Gasteiger partial charge in [0.15, 0.2) is 0 Å². The minimum Gasteiger partial charge on any atom is -0.251 e. The van der Waals surface area contributed by atoms with Crippen molar-refractivity contribution in [2.24, 2.45) is 0 Å². The Morgan fingerprint density at radius 1 is 1.86 bits per heavy atom. The smallest absolute Gasteiger partial charge is 0.110 e. The molecule has 0 amide bonds. The zero-order chi connectivity index (χ0) is 5.86. The summed E-state index contributed by atoms with van der Waals surface area (Å²) in [6.07, 6.45) is -0.236. The van der Waals surface area contributed by atoms with Gasteiger partial charge in [-0.25, -0.2) is 4.89 Å². The molecule has 2 heteroatoms. The Morgan fingerprint density at radius 2 is 2.29 bits per heavy atom. The molecule has 0 rings (SSSR count). The van der Waals surface area contributed by atoms with E-state index < -0.39 is 0 Å². The Balaban J connectivity index is 3.34. The van der Waals surface area contributed by atoms with Crippen LogP contribution in [0.4, 0.5) is 0 Å². The lowest BCUT2D eigenvalue weighted by atomic mass is 10.2.